The van der Waals surface area contributed by atoms with Crippen molar-refractivity contribution in [2.45, 2.75) is 58.9 Å². The second-order valence-corrected chi connectivity index (χ2v) is 30.1. The Hall–Kier alpha value is -1.16. The molecule has 3 aromatic carbocycles. The van der Waals surface area contributed by atoms with E-state index in [1.807, 2.05) is 0 Å². The molecule has 0 unspecified atom stereocenters. The summed E-state index contributed by atoms with van der Waals surface area (Å²) in [5.74, 6) is 0. The monoisotopic (exact) mass is 474 g/mol. The molecular weight excluding hydrogens is 436 g/mol. The summed E-state index contributed by atoms with van der Waals surface area (Å²) in [6.07, 6.45) is 0. The Balaban J connectivity index is 2.08. The van der Waals surface area contributed by atoms with Crippen molar-refractivity contribution in [2.75, 3.05) is 0 Å². The first kappa shape index (κ1) is 24.5. The molecule has 31 heavy (non-hydrogen) atoms. The molecule has 0 aromatic heterocycles. The Kier molecular flexibility index (Phi) is 7.11. The Bertz CT molecular complexity index is 864. The lowest BCUT2D eigenvalue weighted by Gasteiger charge is -2.22. The van der Waals surface area contributed by atoms with Gasteiger partial charge in [0, 0.05) is 0 Å². The second kappa shape index (κ2) is 9.00. The van der Waals surface area contributed by atoms with Gasteiger partial charge in [-0.1, -0.05) is 161 Å². The minimum Gasteiger partial charge on any atom is -0.0986 e. The summed E-state index contributed by atoms with van der Waals surface area (Å²) in [5, 5.41) is 4.64. The highest BCUT2D eigenvalue weighted by Gasteiger charge is 2.27. The first-order valence-electron chi connectivity index (χ1n) is 11.6. The number of hydrogen-bond donors (Lipinski definition) is 0. The summed E-state index contributed by atoms with van der Waals surface area (Å²) >= 11 is -1.49. The summed E-state index contributed by atoms with van der Waals surface area (Å²) in [6, 6.07) is 29.1. The average molecular weight is 475 g/mol. The Morgan fingerprint density at radius 3 is 0.710 bits per heavy atom. The molecule has 0 nitrogen and oxygen atoms in total. The highest BCUT2D eigenvalue weighted by atomic mass is 28.3. The van der Waals surface area contributed by atoms with Gasteiger partial charge in [0.25, 0.3) is 0 Å². The summed E-state index contributed by atoms with van der Waals surface area (Å²) in [4.78, 5) is 0. The highest BCUT2D eigenvalue weighted by Crippen LogP contribution is 2.05. The van der Waals surface area contributed by atoms with Crippen molar-refractivity contribution in [3.8, 4) is 0 Å². The molecule has 0 aliphatic carbocycles. The van der Waals surface area contributed by atoms with Crippen LogP contribution in [0.15, 0.2) is 72.8 Å². The van der Waals surface area contributed by atoms with Gasteiger partial charge in [-0.05, 0) is 0 Å². The zero-order valence-corrected chi connectivity index (χ0v) is 25.2. The van der Waals surface area contributed by atoms with Crippen molar-refractivity contribution in [3.05, 3.63) is 72.8 Å². The van der Waals surface area contributed by atoms with Crippen LogP contribution in [0.3, 0.4) is 0 Å². The molecule has 4 heteroatoms. The van der Waals surface area contributed by atoms with E-state index in [9.17, 15) is 0 Å². The molecule has 0 spiro atoms. The quantitative estimate of drug-likeness (QED) is 0.476. The van der Waals surface area contributed by atoms with Crippen LogP contribution in [0.25, 0.3) is 0 Å². The van der Waals surface area contributed by atoms with Crippen molar-refractivity contribution in [1.82, 2.24) is 0 Å². The molecule has 0 saturated heterocycles. The van der Waals surface area contributed by atoms with Crippen LogP contribution in [0.1, 0.15) is 0 Å². The maximum atomic E-state index is 2.43. The van der Waals surface area contributed by atoms with E-state index in [4.69, 9.17) is 0 Å². The van der Waals surface area contributed by atoms with Crippen LogP contribution >= 0.6 is 0 Å². The van der Waals surface area contributed by atoms with Gasteiger partial charge in [0.1, 0.15) is 0 Å². The van der Waals surface area contributed by atoms with Gasteiger partial charge < -0.3 is 0 Å². The third-order valence-electron chi connectivity index (χ3n) is 6.33. The molecule has 0 saturated carbocycles. The summed E-state index contributed by atoms with van der Waals surface area (Å²) in [6.45, 7) is 21.9. The third kappa shape index (κ3) is 6.00. The number of hydrogen-bond acceptors (Lipinski definition) is 0. The molecule has 0 N–H and O–H groups in total. The first-order chi connectivity index (χ1) is 14.3. The van der Waals surface area contributed by atoms with Gasteiger partial charge in [-0.2, -0.15) is 0 Å². The molecule has 0 bridgehead atoms. The molecule has 0 atom stereocenters. The predicted octanol–water partition coefficient (Wildman–Crippen LogP) is 3.84. The molecule has 162 valence electrons. The lowest BCUT2D eigenvalue weighted by molar-refractivity contribution is 1.68. The molecular formula is C27H39AlSi3. The van der Waals surface area contributed by atoms with Gasteiger partial charge in [-0.3, -0.25) is 0 Å². The lowest BCUT2D eigenvalue weighted by Crippen LogP contribution is -2.53. The fraction of sp³-hybridized carbons (Fsp3) is 0.333. The van der Waals surface area contributed by atoms with Crippen molar-refractivity contribution in [2.24, 2.45) is 0 Å². The van der Waals surface area contributed by atoms with Crippen LogP contribution in [0.4, 0.5) is 0 Å². The van der Waals surface area contributed by atoms with Gasteiger partial charge >= 0.3 is 14.1 Å². The standard InChI is InChI=1S/3C9H13Si.Al/c3*1-10(2,3)9-7-5-4-6-8-9;/h3*5-8H,1-3H3;. The van der Waals surface area contributed by atoms with Gasteiger partial charge in [0.05, 0.1) is 24.2 Å². The zero-order chi connectivity index (χ0) is 23.0. The van der Waals surface area contributed by atoms with Crippen LogP contribution in [0.2, 0.25) is 58.9 Å². The predicted molar refractivity (Wildman–Crippen MR) is 153 cm³/mol. The largest absolute Gasteiger partial charge is 0.383 e. The minimum absolute atomic E-state index is 1.28. The van der Waals surface area contributed by atoms with E-state index in [0.717, 1.165) is 0 Å². The molecule has 0 aliphatic rings. The van der Waals surface area contributed by atoms with Crippen LogP contribution in [-0.4, -0.2) is 38.4 Å². The normalized spacial score (nSPS) is 12.7. The van der Waals surface area contributed by atoms with Crippen LogP contribution in [-0.2, 0) is 0 Å². The maximum Gasteiger partial charge on any atom is 0.383 e. The molecule has 0 radical (unpaired) electrons. The molecule has 0 fully saturated rings. The van der Waals surface area contributed by atoms with E-state index in [2.05, 4.69) is 132 Å². The summed E-state index contributed by atoms with van der Waals surface area (Å²) in [5.41, 5.74) is 0. The minimum atomic E-state index is -1.49. The van der Waals surface area contributed by atoms with Crippen molar-refractivity contribution in [1.29, 1.82) is 0 Å². The smallest absolute Gasteiger partial charge is 0.0986 e. The van der Waals surface area contributed by atoms with Gasteiger partial charge in [0.15, 0.2) is 0 Å². The van der Waals surface area contributed by atoms with Gasteiger partial charge in [0.2, 0.25) is 0 Å². The first-order valence-corrected chi connectivity index (χ1v) is 23.8. The Labute approximate surface area is 198 Å². The van der Waals surface area contributed by atoms with Gasteiger partial charge in [-0.15, -0.1) is 0 Å². The Morgan fingerprint density at radius 1 is 0.355 bits per heavy atom. The molecule has 0 heterocycles. The van der Waals surface area contributed by atoms with Crippen molar-refractivity contribution >= 4 is 67.2 Å². The van der Waals surface area contributed by atoms with Gasteiger partial charge in [-0.25, -0.2) is 0 Å². The van der Waals surface area contributed by atoms with E-state index in [1.54, 1.807) is 15.6 Å². The van der Waals surface area contributed by atoms with E-state index in [-0.39, 0.29) is 0 Å². The molecule has 0 amide bonds. The van der Waals surface area contributed by atoms with E-state index in [1.165, 1.54) is 13.3 Å². The number of rotatable bonds is 6. The van der Waals surface area contributed by atoms with E-state index >= 15 is 0 Å². The van der Waals surface area contributed by atoms with Crippen LogP contribution in [0, 0.1) is 0 Å². The summed E-state index contributed by atoms with van der Waals surface area (Å²) in [7, 11) is -3.85. The van der Waals surface area contributed by atoms with Crippen molar-refractivity contribution < 1.29 is 0 Å². The molecule has 0 aliphatic heterocycles. The fourth-order valence-corrected chi connectivity index (χ4v) is 10.5. The highest BCUT2D eigenvalue weighted by molar-refractivity contribution is 6.96. The zero-order valence-electron chi connectivity index (χ0n) is 21.0. The lowest BCUT2D eigenvalue weighted by atomic mass is 10.3. The third-order valence-corrected chi connectivity index (χ3v) is 15.7. The fourth-order valence-electron chi connectivity index (χ4n) is 4.10. The maximum absolute atomic E-state index is 2.43. The Morgan fingerprint density at radius 2 is 0.548 bits per heavy atom. The molecule has 3 aromatic rings. The van der Waals surface area contributed by atoms with E-state index in [0.29, 0.717) is 0 Å². The second-order valence-electron chi connectivity index (χ2n) is 12.0. The molecule has 3 rings (SSSR count). The van der Waals surface area contributed by atoms with E-state index < -0.39 is 38.4 Å². The van der Waals surface area contributed by atoms with Crippen LogP contribution < -0.4 is 28.8 Å². The topological polar surface area (TPSA) is 0 Å². The van der Waals surface area contributed by atoms with Crippen LogP contribution in [0.5, 0.6) is 0 Å². The SMILES string of the molecule is C[Si](C)(C)c1cc[c]([Al]([c]2ccc([Si](C)(C)C)cc2)[c]2ccc([Si](C)(C)C)cc2)cc1. The summed E-state index contributed by atoms with van der Waals surface area (Å²) < 4.78 is 4.59. The van der Waals surface area contributed by atoms with Crippen molar-refractivity contribution in [3.63, 3.8) is 0 Å². The number of benzene rings is 3. The average Bonchev–Trinajstić information content (AvgIpc) is 2.67.